The third-order valence-corrected chi connectivity index (χ3v) is 13.0. The average molecular weight is 1040 g/mol. The lowest BCUT2D eigenvalue weighted by molar-refractivity contribution is -0.109. The number of aromatic nitrogens is 1. The molecule has 4 aliphatic heterocycles. The Bertz CT molecular complexity index is 2360. The summed E-state index contributed by atoms with van der Waals surface area (Å²) in [6.45, 7) is 12.1. The van der Waals surface area contributed by atoms with E-state index in [1.54, 1.807) is 31.4 Å². The van der Waals surface area contributed by atoms with Crippen LogP contribution in [0.15, 0.2) is 69.7 Å². The molecule has 1 unspecified atom stereocenters. The van der Waals surface area contributed by atoms with Crippen LogP contribution in [-0.4, -0.2) is 196 Å². The summed E-state index contributed by atoms with van der Waals surface area (Å²) in [5.74, 6) is 1.85. The molecular weight excluding hydrogens is 969 g/mol. The minimum atomic E-state index is -0.127. The molecule has 2 atom stereocenters. The van der Waals surface area contributed by atoms with Gasteiger partial charge in [0.05, 0.1) is 133 Å². The first-order chi connectivity index (χ1) is 36.7. The molecule has 0 spiro atoms. The molecule has 406 valence electrons. The Labute approximate surface area is 439 Å². The zero-order chi connectivity index (χ0) is 52.8. The predicted molar refractivity (Wildman–Crippen MR) is 280 cm³/mol. The van der Waals surface area contributed by atoms with Gasteiger partial charge in [0, 0.05) is 82.9 Å². The number of aliphatic imine (C=N–C) groups is 2. The van der Waals surface area contributed by atoms with E-state index in [1.165, 1.54) is 25.4 Å². The van der Waals surface area contributed by atoms with Crippen molar-refractivity contribution in [2.75, 3.05) is 133 Å². The van der Waals surface area contributed by atoms with Gasteiger partial charge in [0.25, 0.3) is 11.8 Å². The van der Waals surface area contributed by atoms with Gasteiger partial charge in [-0.15, -0.1) is 0 Å². The van der Waals surface area contributed by atoms with Gasteiger partial charge in [-0.25, -0.2) is 0 Å². The SMILES string of the molecule is C/C=C1\CC2C=Nc3cc(OCc4cc(OCCN(CCOCCOCCOC)CCOCCOCCOCCC=O)cc(COc5cc6c(cc5OC)C(=O)N5C/C(=C/C)C[C@H]5C=N6)n4)c(OC)cc3C(=O)N2C1. The minimum absolute atomic E-state index is 0.00883. The van der Waals surface area contributed by atoms with Gasteiger partial charge in [0.15, 0.2) is 23.0 Å². The van der Waals surface area contributed by atoms with Crippen molar-refractivity contribution in [2.24, 2.45) is 9.98 Å². The second-order valence-electron chi connectivity index (χ2n) is 18.0. The van der Waals surface area contributed by atoms with E-state index in [2.05, 4.69) is 17.1 Å². The van der Waals surface area contributed by atoms with Crippen molar-refractivity contribution >= 4 is 41.9 Å². The lowest BCUT2D eigenvalue weighted by Gasteiger charge is -2.22. The Morgan fingerprint density at radius 3 is 1.47 bits per heavy atom. The van der Waals surface area contributed by atoms with E-state index in [4.69, 9.17) is 67.1 Å². The molecule has 0 saturated carbocycles. The highest BCUT2D eigenvalue weighted by Gasteiger charge is 2.36. The first kappa shape index (κ1) is 56.5. The summed E-state index contributed by atoms with van der Waals surface area (Å²) in [5, 5.41) is 0. The minimum Gasteiger partial charge on any atom is -0.493 e. The van der Waals surface area contributed by atoms with Crippen molar-refractivity contribution in [1.82, 2.24) is 19.7 Å². The number of aldehydes is 1. The van der Waals surface area contributed by atoms with Crippen molar-refractivity contribution in [3.8, 4) is 28.7 Å². The van der Waals surface area contributed by atoms with Crippen molar-refractivity contribution in [3.63, 3.8) is 0 Å². The van der Waals surface area contributed by atoms with Gasteiger partial charge < -0.3 is 66.7 Å². The fourth-order valence-electron chi connectivity index (χ4n) is 8.84. The summed E-state index contributed by atoms with van der Waals surface area (Å²) in [5.41, 5.74) is 5.32. The van der Waals surface area contributed by atoms with E-state index < -0.39 is 0 Å². The highest BCUT2D eigenvalue weighted by molar-refractivity contribution is 6.04. The van der Waals surface area contributed by atoms with Gasteiger partial charge in [-0.1, -0.05) is 23.3 Å². The number of ether oxygens (including phenoxy) is 11. The second-order valence-corrected chi connectivity index (χ2v) is 18.0. The van der Waals surface area contributed by atoms with Crippen LogP contribution >= 0.6 is 0 Å². The van der Waals surface area contributed by atoms with Gasteiger partial charge in [-0.3, -0.25) is 29.5 Å². The summed E-state index contributed by atoms with van der Waals surface area (Å²) in [4.78, 5) is 58.3. The number of carbonyl (C=O) groups is 3. The van der Waals surface area contributed by atoms with Crippen LogP contribution in [0.1, 0.15) is 65.2 Å². The zero-order valence-electron chi connectivity index (χ0n) is 44.0. The van der Waals surface area contributed by atoms with Crippen LogP contribution in [0.2, 0.25) is 0 Å². The molecule has 0 bridgehead atoms. The number of methoxy groups -OCH3 is 3. The van der Waals surface area contributed by atoms with Crippen LogP contribution in [0, 0.1) is 0 Å². The number of nitrogens with zero attached hydrogens (tertiary/aromatic N) is 6. The number of rotatable bonds is 33. The van der Waals surface area contributed by atoms with Crippen molar-refractivity contribution in [3.05, 3.63) is 82.2 Å². The molecule has 20 heteroatoms. The Balaban J connectivity index is 1.05. The van der Waals surface area contributed by atoms with Crippen LogP contribution in [0.4, 0.5) is 11.4 Å². The Morgan fingerprint density at radius 2 is 1.01 bits per heavy atom. The molecule has 2 aromatic carbocycles. The summed E-state index contributed by atoms with van der Waals surface area (Å²) < 4.78 is 64.2. The Hall–Kier alpha value is -6.26. The molecule has 7 rings (SSSR count). The van der Waals surface area contributed by atoms with Gasteiger partial charge in [-0.2, -0.15) is 0 Å². The van der Waals surface area contributed by atoms with E-state index in [-0.39, 0.29) is 37.1 Å². The summed E-state index contributed by atoms with van der Waals surface area (Å²) in [6.07, 6.45) is 10.4. The number of hydrogen-bond acceptors (Lipinski definition) is 18. The van der Waals surface area contributed by atoms with Gasteiger partial charge >= 0.3 is 0 Å². The van der Waals surface area contributed by atoms with E-state index in [0.717, 1.165) is 19.1 Å². The number of amides is 2. The van der Waals surface area contributed by atoms with Crippen LogP contribution < -0.4 is 23.7 Å². The normalized spacial score (nSPS) is 17.8. The third-order valence-electron chi connectivity index (χ3n) is 13.0. The number of carbonyl (C=O) groups excluding carboxylic acids is 3. The van der Waals surface area contributed by atoms with Crippen LogP contribution in [0.3, 0.4) is 0 Å². The summed E-state index contributed by atoms with van der Waals surface area (Å²) in [7, 11) is 4.70. The van der Waals surface area contributed by atoms with E-state index in [1.807, 2.05) is 48.2 Å². The Kier molecular flexibility index (Phi) is 22.4. The van der Waals surface area contributed by atoms with Crippen molar-refractivity contribution < 1.29 is 66.5 Å². The molecule has 20 nitrogen and oxygen atoms in total. The third kappa shape index (κ3) is 16.1. The fraction of sp³-hybridized carbons (Fsp3) is 0.527. The predicted octanol–water partition coefficient (Wildman–Crippen LogP) is 6.01. The molecular formula is C55H72N6O14. The molecule has 4 aliphatic rings. The largest absolute Gasteiger partial charge is 0.493 e. The fourth-order valence-corrected chi connectivity index (χ4v) is 8.84. The summed E-state index contributed by atoms with van der Waals surface area (Å²) >= 11 is 0. The molecule has 0 N–H and O–H groups in total. The van der Waals surface area contributed by atoms with Gasteiger partial charge in [-0.05, 0) is 38.8 Å². The van der Waals surface area contributed by atoms with Crippen LogP contribution in [-0.2, 0) is 46.4 Å². The van der Waals surface area contributed by atoms with E-state index >= 15 is 0 Å². The Morgan fingerprint density at radius 1 is 0.560 bits per heavy atom. The van der Waals surface area contributed by atoms with Gasteiger partial charge in [0.1, 0.15) is 31.9 Å². The number of pyridine rings is 1. The lowest BCUT2D eigenvalue weighted by atomic mass is 10.1. The number of benzene rings is 2. The second kappa shape index (κ2) is 29.7. The molecule has 2 amide bonds. The number of fused-ring (bicyclic) bond motifs is 4. The maximum absolute atomic E-state index is 13.8. The maximum Gasteiger partial charge on any atom is 0.257 e. The smallest absolute Gasteiger partial charge is 0.257 e. The topological polar surface area (TPSA) is 200 Å². The highest BCUT2D eigenvalue weighted by atomic mass is 16.6. The van der Waals surface area contributed by atoms with Crippen LogP contribution in [0.25, 0.3) is 0 Å². The number of allylic oxidation sites excluding steroid dienone is 2. The maximum atomic E-state index is 13.8. The van der Waals surface area contributed by atoms with Crippen molar-refractivity contribution in [2.45, 2.75) is 58.4 Å². The van der Waals surface area contributed by atoms with E-state index in [9.17, 15) is 14.4 Å². The zero-order valence-corrected chi connectivity index (χ0v) is 44.0. The standard InChI is InChI=1S/C55H72N6O14/c1-6-39-25-43-33-56-48-31-52(50(66-4)29-46(48)54(63)60(43)35-39)74-37-41-27-45(73-16-11-59(9-14-69-20-23-71-18-17-65-3)10-15-70-21-24-72-22-19-68-13-8-12-62)28-42(58-41)38-75-53-32-49-47(30-51(53)67-5)55(64)61-36-40(7-2)26-44(61)34-57-49/h6-7,12,27-34,43-44H,8-11,13-26,35-38H2,1-5H3/b39-6+,40-7+/t43-,44?/m0/s1. The molecule has 0 radical (unpaired) electrons. The first-order valence-corrected chi connectivity index (χ1v) is 25.6. The molecule has 0 aliphatic carbocycles. The molecule has 3 aromatic rings. The highest BCUT2D eigenvalue weighted by Crippen LogP contribution is 2.41. The van der Waals surface area contributed by atoms with Crippen molar-refractivity contribution in [1.29, 1.82) is 0 Å². The monoisotopic (exact) mass is 1040 g/mol. The van der Waals surface area contributed by atoms with Gasteiger partial charge in [0.2, 0.25) is 0 Å². The molecule has 2 fully saturated rings. The first-order valence-electron chi connectivity index (χ1n) is 25.6. The lowest BCUT2D eigenvalue weighted by Crippen LogP contribution is -2.35. The molecule has 1 aromatic heterocycles. The van der Waals surface area contributed by atoms with Crippen LogP contribution in [0.5, 0.6) is 28.7 Å². The number of hydrogen-bond donors (Lipinski definition) is 0. The summed E-state index contributed by atoms with van der Waals surface area (Å²) in [6, 6.07) is 10.2. The molecule has 75 heavy (non-hydrogen) atoms. The van der Waals surface area contributed by atoms with E-state index in [0.29, 0.717) is 181 Å². The average Bonchev–Trinajstić information content (AvgIpc) is 4.00. The molecule has 2 saturated heterocycles. The molecule has 5 heterocycles. The quantitative estimate of drug-likeness (QED) is 0.0390.